The molecule has 164 valence electrons. The second-order valence-corrected chi connectivity index (χ2v) is 7.99. The van der Waals surface area contributed by atoms with Crippen LogP contribution in [-0.2, 0) is 6.54 Å². The standard InChI is InChI=1S/C26H28N4O2/c1-19-9-5-6-12-23(19)29-26(32)28-21-13-14-24(30-15-7-8-16-30)22(17-21)25(31)27-18-20-10-3-2-4-11-20/h2-6,9-14,17H,7-8,15-16,18H2,1H3,(H,27,31)(H2,28,29,32). The number of amides is 3. The first kappa shape index (κ1) is 21.4. The lowest BCUT2D eigenvalue weighted by molar-refractivity contribution is 0.0951. The van der Waals surface area contributed by atoms with Crippen LogP contribution in [0.1, 0.15) is 34.3 Å². The van der Waals surface area contributed by atoms with Crippen LogP contribution in [0.3, 0.4) is 0 Å². The molecule has 0 aliphatic carbocycles. The molecule has 3 aromatic carbocycles. The molecule has 0 spiro atoms. The Morgan fingerprint density at radius 2 is 1.59 bits per heavy atom. The van der Waals surface area contributed by atoms with Crippen LogP contribution in [0.2, 0.25) is 0 Å². The zero-order valence-electron chi connectivity index (χ0n) is 18.2. The normalized spacial score (nSPS) is 13.0. The Bertz CT molecular complexity index is 1090. The van der Waals surface area contributed by atoms with Gasteiger partial charge in [-0.1, -0.05) is 48.5 Å². The van der Waals surface area contributed by atoms with Crippen molar-refractivity contribution in [2.75, 3.05) is 28.6 Å². The quantitative estimate of drug-likeness (QED) is 0.507. The predicted molar refractivity (Wildman–Crippen MR) is 129 cm³/mol. The molecule has 32 heavy (non-hydrogen) atoms. The Morgan fingerprint density at radius 1 is 0.875 bits per heavy atom. The van der Waals surface area contributed by atoms with Crippen molar-refractivity contribution in [3.63, 3.8) is 0 Å². The lowest BCUT2D eigenvalue weighted by Crippen LogP contribution is -2.27. The van der Waals surface area contributed by atoms with Crippen molar-refractivity contribution in [3.05, 3.63) is 89.5 Å². The van der Waals surface area contributed by atoms with E-state index in [9.17, 15) is 9.59 Å². The molecule has 1 heterocycles. The van der Waals surface area contributed by atoms with Crippen LogP contribution < -0.4 is 20.9 Å². The summed E-state index contributed by atoms with van der Waals surface area (Å²) in [6.45, 7) is 4.25. The molecule has 6 nitrogen and oxygen atoms in total. The van der Waals surface area contributed by atoms with Crippen LogP contribution in [0.15, 0.2) is 72.8 Å². The number of hydrogen-bond acceptors (Lipinski definition) is 3. The lowest BCUT2D eigenvalue weighted by Gasteiger charge is -2.22. The van der Waals surface area contributed by atoms with Gasteiger partial charge < -0.3 is 20.9 Å². The Kier molecular flexibility index (Phi) is 6.70. The largest absolute Gasteiger partial charge is 0.371 e. The van der Waals surface area contributed by atoms with Gasteiger partial charge in [0, 0.05) is 36.7 Å². The third-order valence-corrected chi connectivity index (χ3v) is 5.63. The van der Waals surface area contributed by atoms with E-state index in [1.807, 2.05) is 73.7 Å². The molecule has 3 amide bonds. The minimum Gasteiger partial charge on any atom is -0.371 e. The first-order valence-electron chi connectivity index (χ1n) is 10.9. The molecule has 4 rings (SSSR count). The van der Waals surface area contributed by atoms with Gasteiger partial charge in [-0.2, -0.15) is 0 Å². The van der Waals surface area contributed by atoms with Crippen molar-refractivity contribution in [2.24, 2.45) is 0 Å². The fourth-order valence-corrected chi connectivity index (χ4v) is 3.90. The summed E-state index contributed by atoms with van der Waals surface area (Å²) >= 11 is 0. The minimum absolute atomic E-state index is 0.154. The zero-order valence-corrected chi connectivity index (χ0v) is 18.2. The van der Waals surface area contributed by atoms with Gasteiger partial charge in [0.2, 0.25) is 0 Å². The molecule has 0 atom stereocenters. The second-order valence-electron chi connectivity index (χ2n) is 7.99. The van der Waals surface area contributed by atoms with Crippen molar-refractivity contribution in [1.29, 1.82) is 0 Å². The number of nitrogens with one attached hydrogen (secondary N) is 3. The van der Waals surface area contributed by atoms with E-state index < -0.39 is 0 Å². The molecule has 1 saturated heterocycles. The molecule has 0 saturated carbocycles. The van der Waals surface area contributed by atoms with Gasteiger partial charge >= 0.3 is 6.03 Å². The van der Waals surface area contributed by atoms with E-state index in [1.54, 1.807) is 6.07 Å². The van der Waals surface area contributed by atoms with E-state index in [-0.39, 0.29) is 11.9 Å². The highest BCUT2D eigenvalue weighted by molar-refractivity contribution is 6.04. The van der Waals surface area contributed by atoms with E-state index >= 15 is 0 Å². The van der Waals surface area contributed by atoms with Gasteiger partial charge in [0.25, 0.3) is 5.91 Å². The first-order valence-corrected chi connectivity index (χ1v) is 10.9. The van der Waals surface area contributed by atoms with Crippen LogP contribution in [0, 0.1) is 6.92 Å². The molecular weight excluding hydrogens is 400 g/mol. The van der Waals surface area contributed by atoms with E-state index in [0.717, 1.165) is 48.4 Å². The van der Waals surface area contributed by atoms with Gasteiger partial charge in [0.05, 0.1) is 5.56 Å². The molecule has 0 bridgehead atoms. The third-order valence-electron chi connectivity index (χ3n) is 5.63. The van der Waals surface area contributed by atoms with Crippen molar-refractivity contribution in [2.45, 2.75) is 26.3 Å². The number of benzene rings is 3. The average Bonchev–Trinajstić information content (AvgIpc) is 3.34. The van der Waals surface area contributed by atoms with Gasteiger partial charge in [-0.15, -0.1) is 0 Å². The maximum Gasteiger partial charge on any atom is 0.323 e. The summed E-state index contributed by atoms with van der Waals surface area (Å²) in [4.78, 5) is 27.9. The van der Waals surface area contributed by atoms with Crippen LogP contribution in [0.5, 0.6) is 0 Å². The predicted octanol–water partition coefficient (Wildman–Crippen LogP) is 5.17. The number of hydrogen-bond donors (Lipinski definition) is 3. The zero-order chi connectivity index (χ0) is 22.3. The molecule has 0 radical (unpaired) electrons. The maximum atomic E-state index is 13.1. The van der Waals surface area contributed by atoms with Gasteiger partial charge in [0.1, 0.15) is 0 Å². The molecule has 3 aromatic rings. The van der Waals surface area contributed by atoms with Crippen molar-refractivity contribution in [3.8, 4) is 0 Å². The summed E-state index contributed by atoms with van der Waals surface area (Å²) in [5, 5.41) is 8.73. The van der Waals surface area contributed by atoms with Gasteiger partial charge in [-0.3, -0.25) is 4.79 Å². The van der Waals surface area contributed by atoms with E-state index in [4.69, 9.17) is 0 Å². The Morgan fingerprint density at radius 3 is 2.34 bits per heavy atom. The van der Waals surface area contributed by atoms with E-state index in [0.29, 0.717) is 17.8 Å². The smallest absolute Gasteiger partial charge is 0.323 e. The summed E-state index contributed by atoms with van der Waals surface area (Å²) in [6, 6.07) is 22.6. The van der Waals surface area contributed by atoms with Gasteiger partial charge in [-0.25, -0.2) is 4.79 Å². The summed E-state index contributed by atoms with van der Waals surface area (Å²) in [7, 11) is 0. The SMILES string of the molecule is Cc1ccccc1NC(=O)Nc1ccc(N2CCCC2)c(C(=O)NCc2ccccc2)c1. The minimum atomic E-state index is -0.344. The molecule has 3 N–H and O–H groups in total. The topological polar surface area (TPSA) is 73.5 Å². The molecule has 1 aliphatic heterocycles. The maximum absolute atomic E-state index is 13.1. The number of carbonyl (C=O) groups is 2. The summed E-state index contributed by atoms with van der Waals surface area (Å²) in [6.07, 6.45) is 2.23. The number of para-hydroxylation sites is 1. The summed E-state index contributed by atoms with van der Waals surface area (Å²) < 4.78 is 0. The molecule has 1 fully saturated rings. The van der Waals surface area contributed by atoms with E-state index in [2.05, 4.69) is 20.9 Å². The summed E-state index contributed by atoms with van der Waals surface area (Å²) in [5.74, 6) is -0.154. The van der Waals surface area contributed by atoms with Crippen molar-refractivity contribution >= 4 is 29.0 Å². The monoisotopic (exact) mass is 428 g/mol. The summed E-state index contributed by atoms with van der Waals surface area (Å²) in [5.41, 5.74) is 4.81. The first-order chi connectivity index (χ1) is 15.6. The number of aryl methyl sites for hydroxylation is 1. The Hall–Kier alpha value is -3.80. The molecular formula is C26H28N4O2. The van der Waals surface area contributed by atoms with Crippen LogP contribution >= 0.6 is 0 Å². The van der Waals surface area contributed by atoms with Crippen LogP contribution in [0.25, 0.3) is 0 Å². The number of nitrogens with zero attached hydrogens (tertiary/aromatic N) is 1. The van der Waals surface area contributed by atoms with Crippen LogP contribution in [0.4, 0.5) is 21.9 Å². The Balaban J connectivity index is 1.51. The highest BCUT2D eigenvalue weighted by Crippen LogP contribution is 2.28. The number of urea groups is 1. The van der Waals surface area contributed by atoms with Crippen LogP contribution in [-0.4, -0.2) is 25.0 Å². The van der Waals surface area contributed by atoms with Crippen molar-refractivity contribution in [1.82, 2.24) is 5.32 Å². The highest BCUT2D eigenvalue weighted by atomic mass is 16.2. The molecule has 1 aliphatic rings. The Labute approximate surface area is 188 Å². The molecule has 6 heteroatoms. The fraction of sp³-hybridized carbons (Fsp3) is 0.231. The van der Waals surface area contributed by atoms with Gasteiger partial charge in [-0.05, 0) is 55.2 Å². The fourth-order valence-electron chi connectivity index (χ4n) is 3.90. The lowest BCUT2D eigenvalue weighted by atomic mass is 10.1. The third kappa shape index (κ3) is 5.27. The average molecular weight is 429 g/mol. The molecule has 0 unspecified atom stereocenters. The van der Waals surface area contributed by atoms with Gasteiger partial charge in [0.15, 0.2) is 0 Å². The van der Waals surface area contributed by atoms with Crippen molar-refractivity contribution < 1.29 is 9.59 Å². The number of carbonyl (C=O) groups excluding carboxylic acids is 2. The number of anilines is 3. The number of rotatable bonds is 6. The highest BCUT2D eigenvalue weighted by Gasteiger charge is 2.20. The second kappa shape index (κ2) is 10.0. The van der Waals surface area contributed by atoms with E-state index in [1.165, 1.54) is 0 Å². The molecule has 0 aromatic heterocycles.